The summed E-state index contributed by atoms with van der Waals surface area (Å²) >= 11 is 6.44. The van der Waals surface area contributed by atoms with Crippen LogP contribution in [-0.2, 0) is 0 Å². The van der Waals surface area contributed by atoms with Crippen LogP contribution >= 0.6 is 67.8 Å². The molecule has 0 saturated heterocycles. The van der Waals surface area contributed by atoms with Gasteiger partial charge in [0, 0.05) is 10.7 Å². The first kappa shape index (κ1) is 18.6. The number of hydrogen-bond donors (Lipinski definition) is 2. The zero-order valence-electron chi connectivity index (χ0n) is 10.5. The molecule has 0 unspecified atom stereocenters. The molecule has 0 heterocycles. The molecule has 0 fully saturated rings. The van der Waals surface area contributed by atoms with Crippen molar-refractivity contribution >= 4 is 79.6 Å². The van der Waals surface area contributed by atoms with E-state index in [9.17, 15) is 9.59 Å². The molecule has 0 radical (unpaired) electrons. The van der Waals surface area contributed by atoms with Gasteiger partial charge in [-0.3, -0.25) is 4.79 Å². The molecule has 110 valence electrons. The van der Waals surface area contributed by atoms with Crippen molar-refractivity contribution in [3.05, 3.63) is 64.3 Å². The Bertz CT molecular complexity index is 637. The van der Waals surface area contributed by atoms with E-state index in [-0.39, 0.29) is 5.91 Å². The number of carboxylic acid groups (broad SMARTS) is 1. The van der Waals surface area contributed by atoms with Crippen molar-refractivity contribution in [1.82, 2.24) is 0 Å². The average Bonchev–Trinajstić information content (AvgIpc) is 2.38. The summed E-state index contributed by atoms with van der Waals surface area (Å²) in [7, 11) is 0. The number of nitrogens with two attached hydrogens (primary N) is 1. The molecule has 0 atom stereocenters. The van der Waals surface area contributed by atoms with Crippen LogP contribution in [0.2, 0.25) is 0 Å². The van der Waals surface area contributed by atoms with Gasteiger partial charge in [0.1, 0.15) is 0 Å². The number of rotatable bonds is 2. The molecule has 0 aromatic heterocycles. The second kappa shape index (κ2) is 8.88. The van der Waals surface area contributed by atoms with Gasteiger partial charge in [-0.1, -0.05) is 18.2 Å². The molecule has 0 aliphatic carbocycles. The van der Waals surface area contributed by atoms with Crippen LogP contribution in [0, 0.1) is 10.7 Å². The zero-order chi connectivity index (χ0) is 16.0. The van der Waals surface area contributed by atoms with Gasteiger partial charge in [0.05, 0.1) is 11.1 Å². The maximum atomic E-state index is 11.0. The maximum Gasteiger partial charge on any atom is 0.335 e. The van der Waals surface area contributed by atoms with E-state index in [1.165, 1.54) is 0 Å². The van der Waals surface area contributed by atoms with E-state index in [1.807, 2.05) is 12.1 Å². The molecule has 2 aromatic carbocycles. The minimum absolute atomic E-state index is 0.331. The molecule has 0 bridgehead atoms. The van der Waals surface area contributed by atoms with Crippen molar-refractivity contribution in [2.75, 3.05) is 0 Å². The lowest BCUT2D eigenvalue weighted by Gasteiger charge is -2.03. The second-order valence-corrected chi connectivity index (χ2v) is 7.35. The fourth-order valence-electron chi connectivity index (χ4n) is 1.36. The molecule has 0 aliphatic heterocycles. The molecule has 0 aliphatic rings. The van der Waals surface area contributed by atoms with Crippen molar-refractivity contribution in [2.45, 2.75) is 0 Å². The minimum Gasteiger partial charge on any atom is -0.478 e. The van der Waals surface area contributed by atoms with E-state index in [0.717, 1.165) is 10.7 Å². The highest BCUT2D eigenvalue weighted by Crippen LogP contribution is 2.21. The third kappa shape index (κ3) is 6.06. The van der Waals surface area contributed by atoms with Crippen LogP contribution < -0.4 is 5.73 Å². The summed E-state index contributed by atoms with van der Waals surface area (Å²) in [5, 5.41) is 8.38. The van der Waals surface area contributed by atoms with E-state index in [4.69, 9.17) is 10.8 Å². The molecular weight excluding hydrogens is 611 g/mol. The average molecular weight is 621 g/mol. The van der Waals surface area contributed by atoms with Gasteiger partial charge in [0.15, 0.2) is 0 Å². The van der Waals surface area contributed by atoms with Gasteiger partial charge in [-0.15, -0.1) is 0 Å². The van der Waals surface area contributed by atoms with Crippen molar-refractivity contribution < 1.29 is 14.7 Å². The van der Waals surface area contributed by atoms with Crippen molar-refractivity contribution in [1.29, 1.82) is 0 Å². The Morgan fingerprint density at radius 2 is 1.43 bits per heavy atom. The van der Waals surface area contributed by atoms with Gasteiger partial charge in [0.25, 0.3) is 5.91 Å². The molecule has 4 nitrogen and oxygen atoms in total. The van der Waals surface area contributed by atoms with Crippen molar-refractivity contribution in [3.8, 4) is 0 Å². The van der Waals surface area contributed by atoms with E-state index in [2.05, 4.69) is 67.8 Å². The first-order chi connectivity index (χ1) is 9.82. The lowest BCUT2D eigenvalue weighted by atomic mass is 10.2. The highest BCUT2D eigenvalue weighted by atomic mass is 127. The van der Waals surface area contributed by atoms with Crippen LogP contribution in [0.4, 0.5) is 0 Å². The Hall–Kier alpha value is -0.430. The largest absolute Gasteiger partial charge is 0.478 e. The normalized spacial score (nSPS) is 9.48. The summed E-state index contributed by atoms with van der Waals surface area (Å²) in [6.45, 7) is 0. The highest BCUT2D eigenvalue weighted by Gasteiger charge is 2.11. The molecule has 1 amide bonds. The number of hydrogen-bond acceptors (Lipinski definition) is 2. The van der Waals surface area contributed by atoms with Gasteiger partial charge in [-0.25, -0.2) is 4.79 Å². The Kier molecular flexibility index (Phi) is 7.87. The fraction of sp³-hybridized carbons (Fsp3) is 0. The number of amides is 1. The fourth-order valence-corrected chi connectivity index (χ4v) is 5.47. The Balaban J connectivity index is 0.000000219. The molecule has 0 spiro atoms. The summed E-state index contributed by atoms with van der Waals surface area (Å²) in [5.74, 6) is -1.24. The van der Waals surface area contributed by atoms with E-state index < -0.39 is 5.97 Å². The SMILES string of the molecule is NC(=O)c1c(I)cc(I)cc1I.O=C(O)c1ccccc1. The second-order valence-electron chi connectivity index (χ2n) is 3.78. The van der Waals surface area contributed by atoms with Crippen LogP contribution in [0.1, 0.15) is 20.7 Å². The predicted octanol–water partition coefficient (Wildman–Crippen LogP) is 3.98. The summed E-state index contributed by atoms with van der Waals surface area (Å²) in [5.41, 5.74) is 6.17. The number of carbonyl (C=O) groups excluding carboxylic acids is 1. The summed E-state index contributed by atoms with van der Waals surface area (Å²) in [4.78, 5) is 21.2. The smallest absolute Gasteiger partial charge is 0.335 e. The molecule has 0 saturated carbocycles. The number of aromatic carboxylic acids is 1. The number of primary amides is 1. The molecule has 7 heteroatoms. The zero-order valence-corrected chi connectivity index (χ0v) is 17.0. The third-order valence-corrected chi connectivity index (χ3v) is 4.60. The molecule has 3 N–H and O–H groups in total. The first-order valence-corrected chi connectivity index (χ1v) is 8.79. The van der Waals surface area contributed by atoms with Crippen LogP contribution in [-0.4, -0.2) is 17.0 Å². The Morgan fingerprint density at radius 3 is 1.76 bits per heavy atom. The van der Waals surface area contributed by atoms with Gasteiger partial charge in [-0.05, 0) is 92.0 Å². The quantitative estimate of drug-likeness (QED) is 0.499. The van der Waals surface area contributed by atoms with Crippen LogP contribution in [0.15, 0.2) is 42.5 Å². The number of benzene rings is 2. The Morgan fingerprint density at radius 1 is 0.952 bits per heavy atom. The van der Waals surface area contributed by atoms with Gasteiger partial charge in [0.2, 0.25) is 0 Å². The van der Waals surface area contributed by atoms with Gasteiger partial charge in [-0.2, -0.15) is 0 Å². The molecule has 2 aromatic rings. The van der Waals surface area contributed by atoms with E-state index >= 15 is 0 Å². The van der Waals surface area contributed by atoms with Gasteiger partial charge >= 0.3 is 5.97 Å². The lowest BCUT2D eigenvalue weighted by Crippen LogP contribution is -2.14. The maximum absolute atomic E-state index is 11.0. The van der Waals surface area contributed by atoms with Crippen LogP contribution in [0.5, 0.6) is 0 Å². The minimum atomic E-state index is -0.879. The number of carboxylic acids is 1. The van der Waals surface area contributed by atoms with Gasteiger partial charge < -0.3 is 10.8 Å². The monoisotopic (exact) mass is 621 g/mol. The lowest BCUT2D eigenvalue weighted by molar-refractivity contribution is 0.0696. The topological polar surface area (TPSA) is 80.4 Å². The molecule has 21 heavy (non-hydrogen) atoms. The van der Waals surface area contributed by atoms with Crippen LogP contribution in [0.3, 0.4) is 0 Å². The van der Waals surface area contributed by atoms with E-state index in [1.54, 1.807) is 30.3 Å². The standard InChI is InChI=1S/C7H4I3NO.C7H6O2/c8-3-1-4(9)6(7(11)12)5(10)2-3;8-7(9)6-4-2-1-3-5-6/h1-2H,(H2,11,12);1-5H,(H,8,9). The molecular formula is C14H10I3NO3. The van der Waals surface area contributed by atoms with E-state index in [0.29, 0.717) is 11.1 Å². The summed E-state index contributed by atoms with van der Waals surface area (Å²) < 4.78 is 2.94. The Labute approximate surface area is 162 Å². The molecule has 2 rings (SSSR count). The third-order valence-electron chi connectivity index (χ3n) is 2.27. The van der Waals surface area contributed by atoms with Crippen LogP contribution in [0.25, 0.3) is 0 Å². The number of halogens is 3. The number of carbonyl (C=O) groups is 2. The summed E-state index contributed by atoms with van der Waals surface area (Å²) in [6.07, 6.45) is 0. The first-order valence-electron chi connectivity index (χ1n) is 5.55. The highest BCUT2D eigenvalue weighted by molar-refractivity contribution is 14.1. The predicted molar refractivity (Wildman–Crippen MR) is 107 cm³/mol. The van der Waals surface area contributed by atoms with Crippen molar-refractivity contribution in [2.24, 2.45) is 5.73 Å². The summed E-state index contributed by atoms with van der Waals surface area (Å²) in [6, 6.07) is 12.2. The van der Waals surface area contributed by atoms with Crippen molar-refractivity contribution in [3.63, 3.8) is 0 Å².